The van der Waals surface area contributed by atoms with Gasteiger partial charge in [0.25, 0.3) is 0 Å². The lowest BCUT2D eigenvalue weighted by atomic mass is 10.3. The van der Waals surface area contributed by atoms with Gasteiger partial charge in [-0.3, -0.25) is 24.7 Å². The number of nitrogens with zero attached hydrogens (tertiary/aromatic N) is 5. The van der Waals surface area contributed by atoms with Crippen LogP contribution in [0, 0.1) is 6.92 Å². The van der Waals surface area contributed by atoms with Gasteiger partial charge in [0.2, 0.25) is 16.9 Å². The van der Waals surface area contributed by atoms with Crippen molar-refractivity contribution >= 4 is 28.3 Å². The predicted molar refractivity (Wildman–Crippen MR) is 89.5 cm³/mol. The van der Waals surface area contributed by atoms with Crippen LogP contribution in [0.4, 0.5) is 5.13 Å². The van der Waals surface area contributed by atoms with Gasteiger partial charge in [0, 0.05) is 27.2 Å². The molecule has 2 rings (SSSR count). The molecule has 0 bridgehead atoms. The Bertz CT molecular complexity index is 547. The second kappa shape index (κ2) is 8.32. The van der Waals surface area contributed by atoms with Crippen LogP contribution < -0.4 is 5.32 Å². The monoisotopic (exact) mass is 340 g/mol. The van der Waals surface area contributed by atoms with Crippen molar-refractivity contribution < 1.29 is 9.59 Å². The SMILES string of the molecule is Cc1nnc(NC(=O)CN2CCCN(CC(=O)N(C)C)CC2)s1. The fraction of sp³-hybridized carbons (Fsp3) is 0.714. The Hall–Kier alpha value is -1.58. The van der Waals surface area contributed by atoms with Crippen LogP contribution in [0.15, 0.2) is 0 Å². The smallest absolute Gasteiger partial charge is 0.240 e. The Morgan fingerprint density at radius 2 is 1.78 bits per heavy atom. The van der Waals surface area contributed by atoms with Crippen molar-refractivity contribution in [1.29, 1.82) is 0 Å². The standard InChI is InChI=1S/C14H24N6O2S/c1-11-16-17-14(23-11)15-12(21)9-19-5-4-6-20(8-7-19)10-13(22)18(2)3/h4-10H2,1-3H3,(H,15,17,21). The number of rotatable bonds is 5. The summed E-state index contributed by atoms with van der Waals surface area (Å²) >= 11 is 1.37. The summed E-state index contributed by atoms with van der Waals surface area (Å²) < 4.78 is 0. The molecule has 8 nitrogen and oxygen atoms in total. The summed E-state index contributed by atoms with van der Waals surface area (Å²) in [6, 6.07) is 0. The zero-order chi connectivity index (χ0) is 16.8. The van der Waals surface area contributed by atoms with Gasteiger partial charge in [0.05, 0.1) is 13.1 Å². The second-order valence-corrected chi connectivity index (χ2v) is 7.05. The average Bonchev–Trinajstić information content (AvgIpc) is 2.75. The summed E-state index contributed by atoms with van der Waals surface area (Å²) in [5.41, 5.74) is 0. The number of nitrogens with one attached hydrogen (secondary N) is 1. The normalized spacial score (nSPS) is 16.8. The number of carbonyl (C=O) groups excluding carboxylic acids is 2. The van der Waals surface area contributed by atoms with E-state index in [9.17, 15) is 9.59 Å². The minimum atomic E-state index is -0.0704. The lowest BCUT2D eigenvalue weighted by Gasteiger charge is -2.22. The van der Waals surface area contributed by atoms with Gasteiger partial charge >= 0.3 is 0 Å². The molecular formula is C14H24N6O2S. The summed E-state index contributed by atoms with van der Waals surface area (Å²) in [6.45, 7) is 5.95. The van der Waals surface area contributed by atoms with Gasteiger partial charge in [0.1, 0.15) is 5.01 Å². The van der Waals surface area contributed by atoms with Gasteiger partial charge in [-0.15, -0.1) is 10.2 Å². The molecule has 1 aliphatic heterocycles. The van der Waals surface area contributed by atoms with E-state index in [-0.39, 0.29) is 11.8 Å². The van der Waals surface area contributed by atoms with Crippen molar-refractivity contribution in [3.05, 3.63) is 5.01 Å². The topological polar surface area (TPSA) is 81.7 Å². The van der Waals surface area contributed by atoms with Gasteiger partial charge in [-0.05, 0) is 26.4 Å². The first-order chi connectivity index (χ1) is 10.9. The second-order valence-electron chi connectivity index (χ2n) is 5.87. The molecule has 0 saturated carbocycles. The highest BCUT2D eigenvalue weighted by molar-refractivity contribution is 7.15. The van der Waals surface area contributed by atoms with Gasteiger partial charge in [0.15, 0.2) is 0 Å². The summed E-state index contributed by atoms with van der Waals surface area (Å²) in [5, 5.41) is 11.9. The number of aryl methyl sites for hydroxylation is 1. The Kier molecular flexibility index (Phi) is 6.43. The average molecular weight is 340 g/mol. The number of amides is 2. The quantitative estimate of drug-likeness (QED) is 0.805. The van der Waals surface area contributed by atoms with E-state index in [0.29, 0.717) is 18.2 Å². The number of likely N-dealkylation sites (N-methyl/N-ethyl adjacent to an activating group) is 1. The molecule has 1 aliphatic rings. The number of anilines is 1. The zero-order valence-electron chi connectivity index (χ0n) is 13.9. The van der Waals surface area contributed by atoms with Gasteiger partial charge in [-0.1, -0.05) is 11.3 Å². The van der Waals surface area contributed by atoms with Crippen LogP contribution in [-0.4, -0.2) is 90.1 Å². The number of carbonyl (C=O) groups is 2. The molecule has 128 valence electrons. The van der Waals surface area contributed by atoms with Crippen LogP contribution >= 0.6 is 11.3 Å². The minimum Gasteiger partial charge on any atom is -0.348 e. The molecule has 1 N–H and O–H groups in total. The third kappa shape index (κ3) is 5.85. The van der Waals surface area contributed by atoms with Crippen molar-refractivity contribution in [1.82, 2.24) is 24.9 Å². The zero-order valence-corrected chi connectivity index (χ0v) is 14.7. The number of hydrogen-bond donors (Lipinski definition) is 1. The van der Waals surface area contributed by atoms with E-state index < -0.39 is 0 Å². The molecule has 2 amide bonds. The maximum absolute atomic E-state index is 12.1. The molecule has 0 aromatic carbocycles. The molecule has 0 atom stereocenters. The number of hydrogen-bond acceptors (Lipinski definition) is 7. The molecule has 0 unspecified atom stereocenters. The van der Waals surface area contributed by atoms with Crippen LogP contribution in [0.5, 0.6) is 0 Å². The van der Waals surface area contributed by atoms with E-state index in [1.54, 1.807) is 19.0 Å². The molecule has 0 aliphatic carbocycles. The van der Waals surface area contributed by atoms with Crippen molar-refractivity contribution in [2.75, 3.05) is 58.7 Å². The Balaban J connectivity index is 1.76. The van der Waals surface area contributed by atoms with Gasteiger partial charge in [-0.2, -0.15) is 0 Å². The fourth-order valence-corrected chi connectivity index (χ4v) is 2.99. The van der Waals surface area contributed by atoms with Gasteiger partial charge in [-0.25, -0.2) is 0 Å². The molecule has 9 heteroatoms. The Morgan fingerprint density at radius 3 is 2.35 bits per heavy atom. The first kappa shape index (κ1) is 17.8. The highest BCUT2D eigenvalue weighted by atomic mass is 32.1. The molecule has 1 fully saturated rings. The Labute approximate surface area is 140 Å². The predicted octanol–water partition coefficient (Wildman–Crippen LogP) is -0.119. The van der Waals surface area contributed by atoms with E-state index in [2.05, 4.69) is 25.3 Å². The highest BCUT2D eigenvalue weighted by Gasteiger charge is 2.19. The van der Waals surface area contributed by atoms with Crippen molar-refractivity contribution in [2.24, 2.45) is 0 Å². The summed E-state index contributed by atoms with van der Waals surface area (Å²) in [4.78, 5) is 29.7. The molecule has 2 heterocycles. The van der Waals surface area contributed by atoms with Crippen LogP contribution in [-0.2, 0) is 9.59 Å². The van der Waals surface area contributed by atoms with E-state index in [1.165, 1.54) is 11.3 Å². The van der Waals surface area contributed by atoms with Crippen LogP contribution in [0.1, 0.15) is 11.4 Å². The van der Waals surface area contributed by atoms with Crippen molar-refractivity contribution in [2.45, 2.75) is 13.3 Å². The summed E-state index contributed by atoms with van der Waals surface area (Å²) in [7, 11) is 3.54. The van der Waals surface area contributed by atoms with Crippen LogP contribution in [0.3, 0.4) is 0 Å². The third-order valence-corrected chi connectivity index (χ3v) is 4.43. The summed E-state index contributed by atoms with van der Waals surface area (Å²) in [5.74, 6) is 0.0433. The maximum atomic E-state index is 12.1. The van der Waals surface area contributed by atoms with E-state index in [0.717, 1.165) is 37.6 Å². The molecule has 1 aromatic rings. The molecule has 0 radical (unpaired) electrons. The maximum Gasteiger partial charge on any atom is 0.240 e. The van der Waals surface area contributed by atoms with E-state index in [1.807, 2.05) is 6.92 Å². The third-order valence-electron chi connectivity index (χ3n) is 3.68. The summed E-state index contributed by atoms with van der Waals surface area (Å²) in [6.07, 6.45) is 0.950. The lowest BCUT2D eigenvalue weighted by Crippen LogP contribution is -2.39. The van der Waals surface area contributed by atoms with E-state index in [4.69, 9.17) is 0 Å². The lowest BCUT2D eigenvalue weighted by molar-refractivity contribution is -0.129. The van der Waals surface area contributed by atoms with E-state index >= 15 is 0 Å². The molecule has 0 spiro atoms. The minimum absolute atomic E-state index is 0.0704. The fourth-order valence-electron chi connectivity index (χ4n) is 2.38. The number of aromatic nitrogens is 2. The highest BCUT2D eigenvalue weighted by Crippen LogP contribution is 2.13. The van der Waals surface area contributed by atoms with Crippen LogP contribution in [0.25, 0.3) is 0 Å². The first-order valence-electron chi connectivity index (χ1n) is 7.69. The van der Waals surface area contributed by atoms with Crippen molar-refractivity contribution in [3.63, 3.8) is 0 Å². The Morgan fingerprint density at radius 1 is 1.13 bits per heavy atom. The molecule has 1 aromatic heterocycles. The molecule has 23 heavy (non-hydrogen) atoms. The van der Waals surface area contributed by atoms with Gasteiger partial charge < -0.3 is 4.90 Å². The molecule has 1 saturated heterocycles. The first-order valence-corrected chi connectivity index (χ1v) is 8.50. The largest absolute Gasteiger partial charge is 0.348 e. The van der Waals surface area contributed by atoms with Crippen LogP contribution in [0.2, 0.25) is 0 Å². The molecular weight excluding hydrogens is 316 g/mol. The van der Waals surface area contributed by atoms with Crippen molar-refractivity contribution in [3.8, 4) is 0 Å².